The molecular formula is C23H15ClN2O2. The molecule has 4 rings (SSSR count). The highest BCUT2D eigenvalue weighted by atomic mass is 35.5. The van der Waals surface area contributed by atoms with Gasteiger partial charge in [0.25, 0.3) is 5.56 Å². The Balaban J connectivity index is 1.95. The molecule has 4 nitrogen and oxygen atoms in total. The van der Waals surface area contributed by atoms with Gasteiger partial charge in [0, 0.05) is 17.1 Å². The summed E-state index contributed by atoms with van der Waals surface area (Å²) in [4.78, 5) is 32.7. The number of H-pyrrole nitrogens is 1. The highest BCUT2D eigenvalue weighted by Crippen LogP contribution is 2.30. The Bertz CT molecular complexity index is 1250. The van der Waals surface area contributed by atoms with Crippen molar-refractivity contribution in [2.75, 3.05) is 0 Å². The zero-order valence-corrected chi connectivity index (χ0v) is 15.5. The van der Waals surface area contributed by atoms with Gasteiger partial charge in [-0.15, -0.1) is 0 Å². The van der Waals surface area contributed by atoms with E-state index < -0.39 is 5.56 Å². The number of nitrogens with one attached hydrogen (secondary N) is 1. The molecule has 28 heavy (non-hydrogen) atoms. The average Bonchev–Trinajstić information content (AvgIpc) is 2.73. The van der Waals surface area contributed by atoms with Crippen LogP contribution in [0.5, 0.6) is 0 Å². The summed E-state index contributed by atoms with van der Waals surface area (Å²) in [6, 6.07) is 20.4. The van der Waals surface area contributed by atoms with Crippen molar-refractivity contribution in [3.05, 3.63) is 106 Å². The Kier molecular flexibility index (Phi) is 4.87. The molecule has 0 fully saturated rings. The van der Waals surface area contributed by atoms with Crippen LogP contribution in [0.2, 0.25) is 5.02 Å². The van der Waals surface area contributed by atoms with E-state index in [2.05, 4.69) is 9.97 Å². The fourth-order valence-electron chi connectivity index (χ4n) is 3.11. The first kappa shape index (κ1) is 17.9. The zero-order valence-electron chi connectivity index (χ0n) is 14.7. The molecule has 136 valence electrons. The van der Waals surface area contributed by atoms with Gasteiger partial charge in [-0.3, -0.25) is 9.59 Å². The summed E-state index contributed by atoms with van der Waals surface area (Å²) >= 11 is 6.14. The van der Waals surface area contributed by atoms with Crippen molar-refractivity contribution >= 4 is 34.5 Å². The molecular weight excluding hydrogens is 372 g/mol. The van der Waals surface area contributed by atoms with E-state index in [-0.39, 0.29) is 11.3 Å². The number of halogens is 1. The number of carbonyl (C=O) groups is 1. The first-order chi connectivity index (χ1) is 13.6. The molecule has 0 atom stereocenters. The van der Waals surface area contributed by atoms with Crippen LogP contribution < -0.4 is 5.56 Å². The first-order valence-corrected chi connectivity index (χ1v) is 9.06. The van der Waals surface area contributed by atoms with Crippen molar-refractivity contribution in [2.24, 2.45) is 0 Å². The predicted molar refractivity (Wildman–Crippen MR) is 113 cm³/mol. The SMILES string of the molecule is O=C(/C=C/c1ccccc1)c1c(-c2ccccc2)c2cc(Cl)cnc2[nH]c1=O. The van der Waals surface area contributed by atoms with Gasteiger partial charge in [0.2, 0.25) is 0 Å². The number of allylic oxidation sites excluding steroid dienone is 1. The molecule has 0 spiro atoms. The molecule has 0 aliphatic rings. The van der Waals surface area contributed by atoms with E-state index in [9.17, 15) is 9.59 Å². The van der Waals surface area contributed by atoms with Crippen molar-refractivity contribution < 1.29 is 4.79 Å². The molecule has 1 N–H and O–H groups in total. The fourth-order valence-corrected chi connectivity index (χ4v) is 3.26. The van der Waals surface area contributed by atoms with Crippen LogP contribution in [0.4, 0.5) is 0 Å². The summed E-state index contributed by atoms with van der Waals surface area (Å²) in [6.45, 7) is 0. The lowest BCUT2D eigenvalue weighted by atomic mass is 9.95. The first-order valence-electron chi connectivity index (χ1n) is 8.68. The highest BCUT2D eigenvalue weighted by molar-refractivity contribution is 6.31. The smallest absolute Gasteiger partial charge is 0.261 e. The molecule has 0 saturated heterocycles. The Morgan fingerprint density at radius 3 is 2.39 bits per heavy atom. The molecule has 5 heteroatoms. The maximum Gasteiger partial charge on any atom is 0.261 e. The topological polar surface area (TPSA) is 62.8 Å². The van der Waals surface area contributed by atoms with Gasteiger partial charge in [0.05, 0.1) is 10.6 Å². The minimum atomic E-state index is -0.483. The maximum atomic E-state index is 13.0. The van der Waals surface area contributed by atoms with Crippen LogP contribution in [0.1, 0.15) is 15.9 Å². The van der Waals surface area contributed by atoms with Gasteiger partial charge >= 0.3 is 0 Å². The van der Waals surface area contributed by atoms with Gasteiger partial charge in [-0.2, -0.15) is 0 Å². The number of carbonyl (C=O) groups excluding carboxylic acids is 1. The van der Waals surface area contributed by atoms with Crippen molar-refractivity contribution in [1.82, 2.24) is 9.97 Å². The van der Waals surface area contributed by atoms with E-state index in [4.69, 9.17) is 11.6 Å². The number of benzene rings is 2. The summed E-state index contributed by atoms with van der Waals surface area (Å²) < 4.78 is 0. The Morgan fingerprint density at radius 2 is 1.68 bits per heavy atom. The number of ketones is 1. The van der Waals surface area contributed by atoms with Gasteiger partial charge in [-0.05, 0) is 23.3 Å². The van der Waals surface area contributed by atoms with Crippen LogP contribution in [-0.4, -0.2) is 15.8 Å². The molecule has 0 unspecified atom stereocenters. The molecule has 0 saturated carbocycles. The second-order valence-electron chi connectivity index (χ2n) is 6.23. The summed E-state index contributed by atoms with van der Waals surface area (Å²) in [7, 11) is 0. The molecule has 0 amide bonds. The standard InChI is InChI=1S/C23H15ClN2O2/c24-17-13-18-20(16-9-5-2-6-10-16)21(23(28)26-22(18)25-14-17)19(27)12-11-15-7-3-1-4-8-15/h1-14H,(H,25,26,28)/b12-11+. The number of pyridine rings is 2. The van der Waals surface area contributed by atoms with Crippen molar-refractivity contribution in [3.8, 4) is 11.1 Å². The van der Waals surface area contributed by atoms with E-state index in [1.54, 1.807) is 12.1 Å². The third-order valence-corrected chi connectivity index (χ3v) is 4.57. The number of hydrogen-bond acceptors (Lipinski definition) is 3. The van der Waals surface area contributed by atoms with E-state index >= 15 is 0 Å². The zero-order chi connectivity index (χ0) is 19.5. The maximum absolute atomic E-state index is 13.0. The predicted octanol–water partition coefficient (Wildman–Crippen LogP) is 5.14. The van der Waals surface area contributed by atoms with Gasteiger partial charge < -0.3 is 4.98 Å². The Hall–Kier alpha value is -3.50. The minimum Gasteiger partial charge on any atom is -0.306 e. The lowest BCUT2D eigenvalue weighted by Gasteiger charge is -2.11. The molecule has 2 heterocycles. The number of aromatic amines is 1. The Morgan fingerprint density at radius 1 is 1.00 bits per heavy atom. The highest BCUT2D eigenvalue weighted by Gasteiger charge is 2.19. The molecule has 2 aromatic carbocycles. The third kappa shape index (κ3) is 3.50. The van der Waals surface area contributed by atoms with E-state index in [0.29, 0.717) is 21.6 Å². The van der Waals surface area contributed by atoms with Gasteiger partial charge in [0.1, 0.15) is 5.65 Å². The van der Waals surface area contributed by atoms with Crippen molar-refractivity contribution in [2.45, 2.75) is 0 Å². The van der Waals surface area contributed by atoms with Crippen LogP contribution in [-0.2, 0) is 0 Å². The molecule has 0 bridgehead atoms. The van der Waals surface area contributed by atoms with E-state index in [1.165, 1.54) is 12.3 Å². The monoisotopic (exact) mass is 386 g/mol. The molecule has 0 aliphatic carbocycles. The van der Waals surface area contributed by atoms with Crippen LogP contribution >= 0.6 is 11.6 Å². The molecule has 0 aliphatic heterocycles. The summed E-state index contributed by atoms with van der Waals surface area (Å²) in [5, 5.41) is 1.05. The fraction of sp³-hybridized carbons (Fsp3) is 0. The largest absolute Gasteiger partial charge is 0.306 e. The lowest BCUT2D eigenvalue weighted by Crippen LogP contribution is -2.19. The number of rotatable bonds is 4. The normalized spacial score (nSPS) is 11.2. The number of nitrogens with zero attached hydrogens (tertiary/aromatic N) is 1. The van der Waals surface area contributed by atoms with E-state index in [0.717, 1.165) is 11.1 Å². The third-order valence-electron chi connectivity index (χ3n) is 4.37. The molecule has 2 aromatic heterocycles. The van der Waals surface area contributed by atoms with Crippen molar-refractivity contribution in [3.63, 3.8) is 0 Å². The second-order valence-corrected chi connectivity index (χ2v) is 6.66. The van der Waals surface area contributed by atoms with E-state index in [1.807, 2.05) is 60.7 Å². The quantitative estimate of drug-likeness (QED) is 0.390. The van der Waals surface area contributed by atoms with Crippen LogP contribution in [0.15, 0.2) is 83.8 Å². The molecule has 4 aromatic rings. The van der Waals surface area contributed by atoms with Gasteiger partial charge in [-0.1, -0.05) is 78.3 Å². The second kappa shape index (κ2) is 7.62. The Labute approximate surface area is 166 Å². The van der Waals surface area contributed by atoms with Crippen LogP contribution in [0.25, 0.3) is 28.2 Å². The van der Waals surface area contributed by atoms with Gasteiger partial charge in [-0.25, -0.2) is 4.98 Å². The average molecular weight is 387 g/mol. The summed E-state index contributed by atoms with van der Waals surface area (Å²) in [6.07, 6.45) is 4.57. The number of aromatic nitrogens is 2. The van der Waals surface area contributed by atoms with Crippen LogP contribution in [0.3, 0.4) is 0 Å². The lowest BCUT2D eigenvalue weighted by molar-refractivity contribution is 0.104. The summed E-state index contributed by atoms with van der Waals surface area (Å²) in [5.41, 5.74) is 2.12. The van der Waals surface area contributed by atoms with Crippen LogP contribution in [0, 0.1) is 0 Å². The van der Waals surface area contributed by atoms with Crippen molar-refractivity contribution in [1.29, 1.82) is 0 Å². The van der Waals surface area contributed by atoms with Gasteiger partial charge in [0.15, 0.2) is 5.78 Å². The summed E-state index contributed by atoms with van der Waals surface area (Å²) in [5.74, 6) is -0.383. The minimum absolute atomic E-state index is 0.0648. The molecule has 0 radical (unpaired) electrons. The number of hydrogen-bond donors (Lipinski definition) is 1. The number of fused-ring (bicyclic) bond motifs is 1.